The van der Waals surface area contributed by atoms with Gasteiger partial charge in [-0.1, -0.05) is 30.3 Å². The van der Waals surface area contributed by atoms with E-state index in [0.717, 1.165) is 37.0 Å². The summed E-state index contributed by atoms with van der Waals surface area (Å²) in [5.74, 6) is 0.296. The fourth-order valence-corrected chi connectivity index (χ4v) is 2.60. The number of fused-ring (bicyclic) bond motifs is 1. The molecule has 0 radical (unpaired) electrons. The number of hydrogen-bond donors (Lipinski definition) is 2. The van der Waals surface area contributed by atoms with Gasteiger partial charge >= 0.3 is 0 Å². The fourth-order valence-electron chi connectivity index (χ4n) is 2.60. The molecule has 0 atom stereocenters. The number of hydrogen-bond acceptors (Lipinski definition) is 2. The molecule has 1 aliphatic heterocycles. The van der Waals surface area contributed by atoms with Gasteiger partial charge in [0.1, 0.15) is 0 Å². The molecule has 1 heterocycles. The summed E-state index contributed by atoms with van der Waals surface area (Å²) in [6.07, 6.45) is 1.86. The maximum atomic E-state index is 12.2. The molecular formula is C16H18N2O. The molecule has 2 N–H and O–H groups in total. The monoisotopic (exact) mass is 254 g/mol. The molecule has 1 fully saturated rings. The lowest BCUT2D eigenvalue weighted by Crippen LogP contribution is -2.34. The van der Waals surface area contributed by atoms with Crippen LogP contribution in [0.2, 0.25) is 0 Å². The summed E-state index contributed by atoms with van der Waals surface area (Å²) in [4.78, 5) is 12.2. The fraction of sp³-hybridized carbons (Fsp3) is 0.312. The lowest BCUT2D eigenvalue weighted by atomic mass is 9.97. The Morgan fingerprint density at radius 3 is 2.58 bits per heavy atom. The van der Waals surface area contributed by atoms with Crippen LogP contribution in [0.5, 0.6) is 0 Å². The molecule has 0 spiro atoms. The number of amides is 1. The molecule has 2 aromatic carbocycles. The number of benzene rings is 2. The van der Waals surface area contributed by atoms with E-state index in [1.165, 1.54) is 5.39 Å². The van der Waals surface area contributed by atoms with Gasteiger partial charge in [0.15, 0.2) is 0 Å². The molecule has 98 valence electrons. The first-order valence-corrected chi connectivity index (χ1v) is 6.83. The minimum absolute atomic E-state index is 0.146. The lowest BCUT2D eigenvalue weighted by molar-refractivity contribution is -0.120. The molecule has 3 rings (SSSR count). The Bertz CT molecular complexity index is 588. The average Bonchev–Trinajstić information content (AvgIpc) is 2.48. The largest absolute Gasteiger partial charge is 0.326 e. The van der Waals surface area contributed by atoms with Crippen molar-refractivity contribution in [2.75, 3.05) is 18.4 Å². The van der Waals surface area contributed by atoms with Crippen LogP contribution in [0.15, 0.2) is 42.5 Å². The van der Waals surface area contributed by atoms with Gasteiger partial charge in [-0.3, -0.25) is 4.79 Å². The summed E-state index contributed by atoms with van der Waals surface area (Å²) in [5.41, 5.74) is 0.891. The van der Waals surface area contributed by atoms with Gasteiger partial charge in [-0.25, -0.2) is 0 Å². The molecular weight excluding hydrogens is 236 g/mol. The summed E-state index contributed by atoms with van der Waals surface area (Å²) in [6, 6.07) is 14.2. The highest BCUT2D eigenvalue weighted by Crippen LogP contribution is 2.20. The maximum absolute atomic E-state index is 12.2. The van der Waals surface area contributed by atoms with Gasteiger partial charge < -0.3 is 10.6 Å². The van der Waals surface area contributed by atoms with E-state index in [4.69, 9.17) is 0 Å². The third-order valence-electron chi connectivity index (χ3n) is 3.73. The minimum Gasteiger partial charge on any atom is -0.326 e. The van der Waals surface area contributed by atoms with Gasteiger partial charge in [0.25, 0.3) is 0 Å². The van der Waals surface area contributed by atoms with Crippen molar-refractivity contribution in [1.82, 2.24) is 5.32 Å². The van der Waals surface area contributed by atoms with Crippen molar-refractivity contribution in [2.45, 2.75) is 12.8 Å². The van der Waals surface area contributed by atoms with Crippen LogP contribution in [0.1, 0.15) is 12.8 Å². The van der Waals surface area contributed by atoms with E-state index >= 15 is 0 Å². The number of rotatable bonds is 2. The van der Waals surface area contributed by atoms with Crippen LogP contribution < -0.4 is 10.6 Å². The first kappa shape index (κ1) is 12.2. The number of carbonyl (C=O) groups is 1. The Morgan fingerprint density at radius 1 is 1.05 bits per heavy atom. The van der Waals surface area contributed by atoms with E-state index < -0.39 is 0 Å². The smallest absolute Gasteiger partial charge is 0.227 e. The van der Waals surface area contributed by atoms with Crippen LogP contribution in [0.3, 0.4) is 0 Å². The second-order valence-electron chi connectivity index (χ2n) is 5.08. The van der Waals surface area contributed by atoms with E-state index in [9.17, 15) is 4.79 Å². The minimum atomic E-state index is 0.146. The lowest BCUT2D eigenvalue weighted by Gasteiger charge is -2.21. The molecule has 0 aliphatic carbocycles. The third kappa shape index (κ3) is 2.76. The highest BCUT2D eigenvalue weighted by atomic mass is 16.1. The first-order valence-electron chi connectivity index (χ1n) is 6.83. The summed E-state index contributed by atoms with van der Waals surface area (Å²) in [5, 5.41) is 8.67. The molecule has 0 unspecified atom stereocenters. The van der Waals surface area contributed by atoms with E-state index in [-0.39, 0.29) is 11.8 Å². The van der Waals surface area contributed by atoms with Crippen LogP contribution in [-0.2, 0) is 4.79 Å². The van der Waals surface area contributed by atoms with Crippen molar-refractivity contribution >= 4 is 22.4 Å². The number of anilines is 1. The third-order valence-corrected chi connectivity index (χ3v) is 3.73. The van der Waals surface area contributed by atoms with Crippen molar-refractivity contribution in [2.24, 2.45) is 5.92 Å². The number of nitrogens with one attached hydrogen (secondary N) is 2. The Kier molecular flexibility index (Phi) is 3.47. The van der Waals surface area contributed by atoms with Gasteiger partial charge in [0, 0.05) is 11.6 Å². The van der Waals surface area contributed by atoms with Gasteiger partial charge in [0.05, 0.1) is 0 Å². The van der Waals surface area contributed by atoms with Crippen LogP contribution in [-0.4, -0.2) is 19.0 Å². The second-order valence-corrected chi connectivity index (χ2v) is 5.08. The Hall–Kier alpha value is -1.87. The van der Waals surface area contributed by atoms with Gasteiger partial charge in [0.2, 0.25) is 5.91 Å². The standard InChI is InChI=1S/C16H18N2O/c19-16(13-7-9-17-10-8-13)18-15-6-5-12-3-1-2-4-14(12)11-15/h1-6,11,13,17H,7-10H2,(H,18,19). The maximum Gasteiger partial charge on any atom is 0.227 e. The molecule has 19 heavy (non-hydrogen) atoms. The molecule has 0 saturated carbocycles. The summed E-state index contributed by atoms with van der Waals surface area (Å²) in [7, 11) is 0. The highest BCUT2D eigenvalue weighted by molar-refractivity contribution is 5.95. The van der Waals surface area contributed by atoms with Crippen molar-refractivity contribution in [3.05, 3.63) is 42.5 Å². The van der Waals surface area contributed by atoms with Crippen molar-refractivity contribution in [3.8, 4) is 0 Å². The zero-order chi connectivity index (χ0) is 13.1. The Balaban J connectivity index is 1.75. The Labute approximate surface area is 113 Å². The van der Waals surface area contributed by atoms with Crippen LogP contribution in [0.25, 0.3) is 10.8 Å². The summed E-state index contributed by atoms with van der Waals surface area (Å²) in [6.45, 7) is 1.88. The molecule has 1 aliphatic rings. The SMILES string of the molecule is O=C(Nc1ccc2ccccc2c1)C1CCNCC1. The summed E-state index contributed by atoms with van der Waals surface area (Å²) < 4.78 is 0. The van der Waals surface area contributed by atoms with E-state index in [1.807, 2.05) is 30.3 Å². The molecule has 1 amide bonds. The number of piperidine rings is 1. The van der Waals surface area contributed by atoms with Crippen LogP contribution in [0, 0.1) is 5.92 Å². The van der Waals surface area contributed by atoms with Gasteiger partial charge in [-0.2, -0.15) is 0 Å². The molecule has 0 bridgehead atoms. The average molecular weight is 254 g/mol. The molecule has 0 aromatic heterocycles. The zero-order valence-electron chi connectivity index (χ0n) is 10.9. The summed E-state index contributed by atoms with van der Waals surface area (Å²) >= 11 is 0. The Morgan fingerprint density at radius 2 is 1.79 bits per heavy atom. The molecule has 1 saturated heterocycles. The highest BCUT2D eigenvalue weighted by Gasteiger charge is 2.20. The molecule has 3 nitrogen and oxygen atoms in total. The van der Waals surface area contributed by atoms with Crippen molar-refractivity contribution < 1.29 is 4.79 Å². The van der Waals surface area contributed by atoms with Gasteiger partial charge in [-0.05, 0) is 48.8 Å². The normalized spacial score (nSPS) is 16.4. The number of carbonyl (C=O) groups excluding carboxylic acids is 1. The molecule has 3 heteroatoms. The van der Waals surface area contributed by atoms with Crippen LogP contribution in [0.4, 0.5) is 5.69 Å². The first-order chi connectivity index (χ1) is 9.33. The molecule has 2 aromatic rings. The van der Waals surface area contributed by atoms with Crippen LogP contribution >= 0.6 is 0 Å². The predicted octanol–water partition coefficient (Wildman–Crippen LogP) is 2.78. The van der Waals surface area contributed by atoms with E-state index in [1.54, 1.807) is 0 Å². The zero-order valence-corrected chi connectivity index (χ0v) is 10.9. The predicted molar refractivity (Wildman–Crippen MR) is 78.2 cm³/mol. The van der Waals surface area contributed by atoms with Crippen molar-refractivity contribution in [1.29, 1.82) is 0 Å². The van der Waals surface area contributed by atoms with Gasteiger partial charge in [-0.15, -0.1) is 0 Å². The van der Waals surface area contributed by atoms with Crippen molar-refractivity contribution in [3.63, 3.8) is 0 Å². The second kappa shape index (κ2) is 5.41. The van der Waals surface area contributed by atoms with E-state index in [2.05, 4.69) is 22.8 Å². The quantitative estimate of drug-likeness (QED) is 0.865. The van der Waals surface area contributed by atoms with E-state index in [0.29, 0.717) is 0 Å². The topological polar surface area (TPSA) is 41.1 Å².